The fourth-order valence-electron chi connectivity index (χ4n) is 1.97. The molecule has 0 saturated carbocycles. The Morgan fingerprint density at radius 3 is 2.68 bits per heavy atom. The lowest BCUT2D eigenvalue weighted by atomic mass is 10.2. The molecule has 2 aromatic heterocycles. The molecule has 19 heavy (non-hydrogen) atoms. The van der Waals surface area contributed by atoms with Crippen LogP contribution in [0.4, 0.5) is 0 Å². The van der Waals surface area contributed by atoms with Crippen LogP contribution in [0.2, 0.25) is 0 Å². The van der Waals surface area contributed by atoms with E-state index < -0.39 is 15.9 Å². The van der Waals surface area contributed by atoms with Crippen molar-refractivity contribution in [1.29, 1.82) is 0 Å². The monoisotopic (exact) mass is 283 g/mol. The number of sulfone groups is 1. The summed E-state index contributed by atoms with van der Waals surface area (Å²) in [5, 5.41) is 8.01. The minimum absolute atomic E-state index is 0.0292. The SMILES string of the molecule is Cc1cc(C)n2c(C(N)CCS(C)(=O)=O)nnc2n1. The van der Waals surface area contributed by atoms with Gasteiger partial charge in [-0.25, -0.2) is 13.4 Å². The number of aryl methyl sites for hydroxylation is 2. The minimum Gasteiger partial charge on any atom is -0.321 e. The lowest BCUT2D eigenvalue weighted by Crippen LogP contribution is -2.19. The Morgan fingerprint density at radius 2 is 2.05 bits per heavy atom. The van der Waals surface area contributed by atoms with Crippen molar-refractivity contribution in [3.05, 3.63) is 23.3 Å². The number of rotatable bonds is 4. The van der Waals surface area contributed by atoms with Gasteiger partial charge in [0.25, 0.3) is 5.78 Å². The fraction of sp³-hybridized carbons (Fsp3) is 0.545. The zero-order chi connectivity index (χ0) is 14.2. The quantitative estimate of drug-likeness (QED) is 0.858. The number of hydrogen-bond acceptors (Lipinski definition) is 6. The highest BCUT2D eigenvalue weighted by atomic mass is 32.2. The summed E-state index contributed by atoms with van der Waals surface area (Å²) < 4.78 is 24.1. The molecule has 8 heteroatoms. The minimum atomic E-state index is -3.03. The van der Waals surface area contributed by atoms with E-state index in [2.05, 4.69) is 15.2 Å². The molecule has 1 unspecified atom stereocenters. The average molecular weight is 283 g/mol. The number of nitrogens with two attached hydrogens (primary N) is 1. The number of hydrogen-bond donors (Lipinski definition) is 1. The Bertz CT molecular complexity index is 707. The third-order valence-corrected chi connectivity index (χ3v) is 3.83. The number of fused-ring (bicyclic) bond motifs is 1. The lowest BCUT2D eigenvalue weighted by molar-refractivity contribution is 0.584. The van der Waals surface area contributed by atoms with Crippen molar-refractivity contribution in [2.24, 2.45) is 5.73 Å². The molecular weight excluding hydrogens is 266 g/mol. The van der Waals surface area contributed by atoms with Gasteiger partial charge in [0.1, 0.15) is 9.84 Å². The van der Waals surface area contributed by atoms with Crippen LogP contribution in [0, 0.1) is 13.8 Å². The fourth-order valence-corrected chi connectivity index (χ4v) is 2.65. The van der Waals surface area contributed by atoms with Crippen molar-refractivity contribution < 1.29 is 8.42 Å². The van der Waals surface area contributed by atoms with Gasteiger partial charge in [0.05, 0.1) is 11.8 Å². The third-order valence-electron chi connectivity index (χ3n) is 2.85. The Labute approximate surface area is 111 Å². The maximum Gasteiger partial charge on any atom is 0.255 e. The summed E-state index contributed by atoms with van der Waals surface area (Å²) in [4.78, 5) is 4.26. The Morgan fingerprint density at radius 1 is 1.37 bits per heavy atom. The van der Waals surface area contributed by atoms with Gasteiger partial charge in [-0.1, -0.05) is 0 Å². The maximum atomic E-state index is 11.2. The van der Waals surface area contributed by atoms with Gasteiger partial charge >= 0.3 is 0 Å². The highest BCUT2D eigenvalue weighted by Crippen LogP contribution is 2.16. The predicted molar refractivity (Wildman–Crippen MR) is 71.5 cm³/mol. The van der Waals surface area contributed by atoms with Crippen molar-refractivity contribution in [2.45, 2.75) is 26.3 Å². The van der Waals surface area contributed by atoms with Gasteiger partial charge < -0.3 is 5.73 Å². The molecule has 1 atom stereocenters. The maximum absolute atomic E-state index is 11.2. The highest BCUT2D eigenvalue weighted by Gasteiger charge is 2.18. The molecular formula is C11H17N5O2S. The van der Waals surface area contributed by atoms with Crippen molar-refractivity contribution >= 4 is 15.6 Å². The average Bonchev–Trinajstić information content (AvgIpc) is 2.68. The molecule has 0 amide bonds. The van der Waals surface area contributed by atoms with E-state index in [1.807, 2.05) is 19.9 Å². The Kier molecular flexibility index (Phi) is 3.55. The van der Waals surface area contributed by atoms with Gasteiger partial charge in [-0.05, 0) is 26.3 Å². The molecule has 104 valence electrons. The Balaban J connectivity index is 2.35. The molecule has 2 aromatic rings. The summed E-state index contributed by atoms with van der Waals surface area (Å²) in [6.07, 6.45) is 1.50. The summed E-state index contributed by atoms with van der Waals surface area (Å²) >= 11 is 0. The first-order valence-corrected chi connectivity index (χ1v) is 7.96. The topological polar surface area (TPSA) is 103 Å². The van der Waals surface area contributed by atoms with Gasteiger partial charge in [-0.15, -0.1) is 10.2 Å². The first-order chi connectivity index (χ1) is 8.78. The molecule has 0 saturated heterocycles. The van der Waals surface area contributed by atoms with E-state index >= 15 is 0 Å². The van der Waals surface area contributed by atoms with E-state index in [4.69, 9.17) is 5.73 Å². The molecule has 0 spiro atoms. The molecule has 2 rings (SSSR count). The second-order valence-electron chi connectivity index (χ2n) is 4.76. The molecule has 7 nitrogen and oxygen atoms in total. The molecule has 0 aliphatic carbocycles. The smallest absolute Gasteiger partial charge is 0.255 e. The third kappa shape index (κ3) is 3.07. The van der Waals surface area contributed by atoms with Gasteiger partial charge in [-0.2, -0.15) is 0 Å². The van der Waals surface area contributed by atoms with Gasteiger partial charge in [0.2, 0.25) is 0 Å². The van der Waals surface area contributed by atoms with Crippen LogP contribution in [0.15, 0.2) is 6.07 Å². The largest absolute Gasteiger partial charge is 0.321 e. The number of aromatic nitrogens is 4. The van der Waals surface area contributed by atoms with E-state index in [1.165, 1.54) is 6.26 Å². The van der Waals surface area contributed by atoms with E-state index in [9.17, 15) is 8.42 Å². The summed E-state index contributed by atoms with van der Waals surface area (Å²) in [6, 6.07) is 1.43. The van der Waals surface area contributed by atoms with Gasteiger partial charge in [0.15, 0.2) is 5.82 Å². The molecule has 2 N–H and O–H groups in total. The van der Waals surface area contributed by atoms with Gasteiger partial charge in [-0.3, -0.25) is 4.40 Å². The van der Waals surface area contributed by atoms with Crippen LogP contribution in [0.1, 0.15) is 29.7 Å². The molecule has 0 aromatic carbocycles. The molecule has 0 radical (unpaired) electrons. The lowest BCUT2D eigenvalue weighted by Gasteiger charge is -2.10. The van der Waals surface area contributed by atoms with Gasteiger partial charge in [0, 0.05) is 17.6 Å². The van der Waals surface area contributed by atoms with E-state index in [-0.39, 0.29) is 5.75 Å². The van der Waals surface area contributed by atoms with E-state index in [0.29, 0.717) is 18.0 Å². The second-order valence-corrected chi connectivity index (χ2v) is 7.02. The van der Waals surface area contributed by atoms with Crippen LogP contribution in [-0.4, -0.2) is 40.0 Å². The molecule has 0 bridgehead atoms. The summed E-state index contributed by atoms with van der Waals surface area (Å²) in [5.74, 6) is 1.06. The first kappa shape index (κ1) is 13.9. The van der Waals surface area contributed by atoms with Crippen LogP contribution >= 0.6 is 0 Å². The second kappa shape index (κ2) is 4.86. The van der Waals surface area contributed by atoms with Crippen LogP contribution in [0.5, 0.6) is 0 Å². The molecule has 0 aliphatic rings. The summed E-state index contributed by atoms with van der Waals surface area (Å²) in [6.45, 7) is 3.79. The van der Waals surface area contributed by atoms with Crippen LogP contribution in [0.25, 0.3) is 5.78 Å². The van der Waals surface area contributed by atoms with Crippen molar-refractivity contribution in [3.63, 3.8) is 0 Å². The van der Waals surface area contributed by atoms with Crippen molar-refractivity contribution in [1.82, 2.24) is 19.6 Å². The number of nitrogens with zero attached hydrogens (tertiary/aromatic N) is 4. The zero-order valence-electron chi connectivity index (χ0n) is 11.2. The first-order valence-electron chi connectivity index (χ1n) is 5.90. The predicted octanol–water partition coefficient (Wildman–Crippen LogP) is 0.176. The van der Waals surface area contributed by atoms with E-state index in [0.717, 1.165) is 11.4 Å². The summed E-state index contributed by atoms with van der Waals surface area (Å²) in [5.41, 5.74) is 7.79. The molecule has 0 aliphatic heterocycles. The zero-order valence-corrected chi connectivity index (χ0v) is 12.0. The molecule has 0 fully saturated rings. The van der Waals surface area contributed by atoms with Crippen LogP contribution < -0.4 is 5.73 Å². The highest BCUT2D eigenvalue weighted by molar-refractivity contribution is 7.90. The van der Waals surface area contributed by atoms with Crippen LogP contribution in [-0.2, 0) is 9.84 Å². The van der Waals surface area contributed by atoms with Crippen LogP contribution in [0.3, 0.4) is 0 Å². The van der Waals surface area contributed by atoms with Crippen molar-refractivity contribution in [3.8, 4) is 0 Å². The summed E-state index contributed by atoms with van der Waals surface area (Å²) in [7, 11) is -3.03. The standard InChI is InChI=1S/C11H17N5O2S/c1-7-6-8(2)16-10(14-15-11(16)13-7)9(12)4-5-19(3,17)18/h6,9H,4-5,12H2,1-3H3. The normalized spacial score (nSPS) is 13.9. The van der Waals surface area contributed by atoms with E-state index in [1.54, 1.807) is 4.40 Å². The Hall–Kier alpha value is -1.54. The molecule has 2 heterocycles. The van der Waals surface area contributed by atoms with Crippen molar-refractivity contribution in [2.75, 3.05) is 12.0 Å².